The number of anilines is 1. The number of hydrogen-bond donors (Lipinski definition) is 1. The molecule has 134 valence electrons. The Labute approximate surface area is 169 Å². The van der Waals surface area contributed by atoms with E-state index in [0.29, 0.717) is 37.5 Å². The summed E-state index contributed by atoms with van der Waals surface area (Å²) in [4.78, 5) is 17.8. The van der Waals surface area contributed by atoms with Crippen LogP contribution in [0.4, 0.5) is 5.13 Å². The Morgan fingerprint density at radius 2 is 1.96 bits per heavy atom. The van der Waals surface area contributed by atoms with Crippen LogP contribution in [0.5, 0.6) is 0 Å². The molecule has 2 heterocycles. The molecule has 0 aliphatic carbocycles. The van der Waals surface area contributed by atoms with Crippen molar-refractivity contribution in [1.82, 2.24) is 15.2 Å². The van der Waals surface area contributed by atoms with Gasteiger partial charge in [-0.25, -0.2) is 4.98 Å². The number of nitrogens with zero attached hydrogens (tertiary/aromatic N) is 3. The van der Waals surface area contributed by atoms with Crippen LogP contribution < -0.4 is 5.32 Å². The van der Waals surface area contributed by atoms with Crippen molar-refractivity contribution in [2.75, 3.05) is 5.32 Å². The molecule has 0 bridgehead atoms. The highest BCUT2D eigenvalue weighted by molar-refractivity contribution is 7.13. The van der Waals surface area contributed by atoms with E-state index in [9.17, 15) is 4.79 Å². The summed E-state index contributed by atoms with van der Waals surface area (Å²) in [6, 6.07) is 12.7. The second-order valence-electron chi connectivity index (χ2n) is 5.80. The zero-order valence-electron chi connectivity index (χ0n) is 14.0. The van der Waals surface area contributed by atoms with Gasteiger partial charge in [0, 0.05) is 16.0 Å². The van der Waals surface area contributed by atoms with Gasteiger partial charge in [0.05, 0.1) is 21.8 Å². The van der Waals surface area contributed by atoms with Gasteiger partial charge in [0.2, 0.25) is 5.13 Å². The fourth-order valence-corrected chi connectivity index (χ4v) is 3.87. The minimum Gasteiger partial charge on any atom is -0.296 e. The van der Waals surface area contributed by atoms with E-state index in [1.54, 1.807) is 23.7 Å². The second kappa shape index (κ2) is 7.23. The smallest absolute Gasteiger partial charge is 0.258 e. The van der Waals surface area contributed by atoms with Crippen LogP contribution in [0, 0.1) is 6.92 Å². The molecule has 0 spiro atoms. The van der Waals surface area contributed by atoms with Gasteiger partial charge in [-0.1, -0.05) is 52.7 Å². The predicted molar refractivity (Wildman–Crippen MR) is 110 cm³/mol. The van der Waals surface area contributed by atoms with Gasteiger partial charge in [-0.2, -0.15) is 0 Å². The standard InChI is InChI=1S/C19H12Cl2N4OS/c1-10-16(18(26)24-19-25-22-9-27-19)13-4-2-3-5-15(13)23-17(10)12-7-6-11(20)8-14(12)21/h2-9H,1H3,(H,24,25,26). The molecule has 2 aromatic carbocycles. The minimum atomic E-state index is -0.269. The van der Waals surface area contributed by atoms with Gasteiger partial charge in [-0.15, -0.1) is 10.2 Å². The zero-order valence-corrected chi connectivity index (χ0v) is 16.4. The van der Waals surface area contributed by atoms with E-state index in [1.807, 2.05) is 31.2 Å². The Bertz CT molecular complexity index is 1160. The molecule has 0 saturated heterocycles. The Balaban J connectivity index is 1.94. The van der Waals surface area contributed by atoms with Crippen molar-refractivity contribution in [1.29, 1.82) is 0 Å². The number of carbonyl (C=O) groups excluding carboxylic acids is 1. The normalized spacial score (nSPS) is 10.9. The molecule has 8 heteroatoms. The Hall–Kier alpha value is -2.54. The van der Waals surface area contributed by atoms with Crippen molar-refractivity contribution in [2.24, 2.45) is 0 Å². The third-order valence-electron chi connectivity index (χ3n) is 4.13. The minimum absolute atomic E-state index is 0.269. The maximum atomic E-state index is 13.0. The van der Waals surface area contributed by atoms with E-state index in [1.165, 1.54) is 11.3 Å². The fourth-order valence-electron chi connectivity index (χ4n) is 2.93. The van der Waals surface area contributed by atoms with Crippen molar-refractivity contribution in [3.63, 3.8) is 0 Å². The van der Waals surface area contributed by atoms with Crippen molar-refractivity contribution in [3.8, 4) is 11.3 Å². The number of benzene rings is 2. The summed E-state index contributed by atoms with van der Waals surface area (Å²) in [7, 11) is 0. The largest absolute Gasteiger partial charge is 0.296 e. The first kappa shape index (κ1) is 17.9. The summed E-state index contributed by atoms with van der Waals surface area (Å²) in [5, 5.41) is 12.6. The number of hydrogen-bond acceptors (Lipinski definition) is 5. The van der Waals surface area contributed by atoms with Crippen molar-refractivity contribution < 1.29 is 4.79 Å². The van der Waals surface area contributed by atoms with Gasteiger partial charge in [0.25, 0.3) is 5.91 Å². The van der Waals surface area contributed by atoms with E-state index < -0.39 is 0 Å². The van der Waals surface area contributed by atoms with Crippen LogP contribution in [0.25, 0.3) is 22.2 Å². The molecule has 0 unspecified atom stereocenters. The molecule has 5 nitrogen and oxygen atoms in total. The van der Waals surface area contributed by atoms with Crippen LogP contribution in [0.3, 0.4) is 0 Å². The highest BCUT2D eigenvalue weighted by Crippen LogP contribution is 2.35. The molecular weight excluding hydrogens is 403 g/mol. The predicted octanol–water partition coefficient (Wildman–Crippen LogP) is 5.62. The molecule has 0 radical (unpaired) electrons. The van der Waals surface area contributed by atoms with Crippen LogP contribution >= 0.6 is 34.5 Å². The zero-order chi connectivity index (χ0) is 19.0. The SMILES string of the molecule is Cc1c(-c2ccc(Cl)cc2Cl)nc2ccccc2c1C(=O)Nc1nncs1. The highest BCUT2D eigenvalue weighted by Gasteiger charge is 2.20. The molecule has 2 aromatic heterocycles. The van der Waals surface area contributed by atoms with Gasteiger partial charge in [-0.05, 0) is 36.8 Å². The van der Waals surface area contributed by atoms with Crippen molar-refractivity contribution in [3.05, 3.63) is 69.1 Å². The fraction of sp³-hybridized carbons (Fsp3) is 0.0526. The number of para-hydroxylation sites is 1. The monoisotopic (exact) mass is 414 g/mol. The van der Waals surface area contributed by atoms with Crippen LogP contribution in [0.2, 0.25) is 10.0 Å². The van der Waals surface area contributed by atoms with Gasteiger partial charge in [0.15, 0.2) is 0 Å². The van der Waals surface area contributed by atoms with Gasteiger partial charge >= 0.3 is 0 Å². The van der Waals surface area contributed by atoms with E-state index in [2.05, 4.69) is 15.5 Å². The summed E-state index contributed by atoms with van der Waals surface area (Å²) in [5.41, 5.74) is 4.86. The lowest BCUT2D eigenvalue weighted by molar-refractivity contribution is 0.102. The van der Waals surface area contributed by atoms with Crippen LogP contribution in [0.1, 0.15) is 15.9 Å². The Morgan fingerprint density at radius 1 is 1.15 bits per heavy atom. The number of nitrogens with one attached hydrogen (secondary N) is 1. The first-order chi connectivity index (χ1) is 13.0. The molecule has 0 atom stereocenters. The average Bonchev–Trinajstić information content (AvgIpc) is 3.14. The number of aromatic nitrogens is 3. The van der Waals surface area contributed by atoms with Crippen molar-refractivity contribution >= 4 is 56.5 Å². The van der Waals surface area contributed by atoms with E-state index >= 15 is 0 Å². The van der Waals surface area contributed by atoms with E-state index in [-0.39, 0.29) is 5.91 Å². The maximum Gasteiger partial charge on any atom is 0.258 e. The average molecular weight is 415 g/mol. The number of fused-ring (bicyclic) bond motifs is 1. The summed E-state index contributed by atoms with van der Waals surface area (Å²) in [6.07, 6.45) is 0. The summed E-state index contributed by atoms with van der Waals surface area (Å²) < 4.78 is 0. The lowest BCUT2D eigenvalue weighted by atomic mass is 9.97. The molecule has 0 aliphatic heterocycles. The second-order valence-corrected chi connectivity index (χ2v) is 7.48. The lowest BCUT2D eigenvalue weighted by Crippen LogP contribution is -2.15. The van der Waals surface area contributed by atoms with Crippen LogP contribution in [-0.4, -0.2) is 21.1 Å². The highest BCUT2D eigenvalue weighted by atomic mass is 35.5. The Morgan fingerprint density at radius 3 is 2.70 bits per heavy atom. The number of rotatable bonds is 3. The quantitative estimate of drug-likeness (QED) is 0.472. The first-order valence-electron chi connectivity index (χ1n) is 7.97. The molecule has 0 saturated carbocycles. The molecule has 1 N–H and O–H groups in total. The summed E-state index contributed by atoms with van der Waals surface area (Å²) in [5.74, 6) is -0.269. The number of pyridine rings is 1. The molecular formula is C19H12Cl2N4OS. The van der Waals surface area contributed by atoms with Crippen LogP contribution in [-0.2, 0) is 0 Å². The number of carbonyl (C=O) groups is 1. The summed E-state index contributed by atoms with van der Waals surface area (Å²) in [6.45, 7) is 1.86. The lowest BCUT2D eigenvalue weighted by Gasteiger charge is -2.15. The van der Waals surface area contributed by atoms with Crippen LogP contribution in [0.15, 0.2) is 48.0 Å². The molecule has 0 aliphatic rings. The van der Waals surface area contributed by atoms with Gasteiger partial charge in [0.1, 0.15) is 5.51 Å². The third-order valence-corrected chi connectivity index (χ3v) is 5.28. The van der Waals surface area contributed by atoms with Crippen molar-refractivity contribution in [2.45, 2.75) is 6.92 Å². The molecule has 1 amide bonds. The molecule has 0 fully saturated rings. The summed E-state index contributed by atoms with van der Waals surface area (Å²) >= 11 is 13.7. The molecule has 27 heavy (non-hydrogen) atoms. The number of amides is 1. The maximum absolute atomic E-state index is 13.0. The van der Waals surface area contributed by atoms with E-state index in [0.717, 1.165) is 10.9 Å². The van der Waals surface area contributed by atoms with E-state index in [4.69, 9.17) is 28.2 Å². The first-order valence-corrected chi connectivity index (χ1v) is 9.60. The third kappa shape index (κ3) is 3.39. The number of halogens is 2. The molecule has 4 aromatic rings. The molecule has 4 rings (SSSR count). The Kier molecular flexibility index (Phi) is 4.78. The van der Waals surface area contributed by atoms with Gasteiger partial charge < -0.3 is 0 Å². The van der Waals surface area contributed by atoms with Gasteiger partial charge in [-0.3, -0.25) is 10.1 Å². The topological polar surface area (TPSA) is 67.8 Å².